The molecular formula is C10H9N2NaO4S. The summed E-state index contributed by atoms with van der Waals surface area (Å²) in [6, 6.07) is 5.08. The number of hydrogen-bond acceptors (Lipinski definition) is 5. The van der Waals surface area contributed by atoms with Crippen LogP contribution in [0.15, 0.2) is 34.3 Å². The summed E-state index contributed by atoms with van der Waals surface area (Å²) in [6.45, 7) is 1.73. The molecule has 0 N–H and O–H groups in total. The SMILES string of the molecule is CC1=NN(c2ccc(S(=O)(=O)[O-])cc2)C(=O)C1.[Na+]. The Balaban J connectivity index is 0.00000162. The normalized spacial score (nSPS) is 15.3. The van der Waals surface area contributed by atoms with Crippen LogP contribution in [0.25, 0.3) is 0 Å². The van der Waals surface area contributed by atoms with Crippen molar-refractivity contribution in [3.8, 4) is 0 Å². The summed E-state index contributed by atoms with van der Waals surface area (Å²) in [5.74, 6) is -0.180. The second-order valence-electron chi connectivity index (χ2n) is 3.67. The van der Waals surface area contributed by atoms with Gasteiger partial charge in [-0.25, -0.2) is 13.4 Å². The maximum Gasteiger partial charge on any atom is 1.00 e. The molecule has 0 bridgehead atoms. The van der Waals surface area contributed by atoms with Gasteiger partial charge < -0.3 is 4.55 Å². The smallest absolute Gasteiger partial charge is 0.744 e. The van der Waals surface area contributed by atoms with Crippen LogP contribution in [-0.4, -0.2) is 24.6 Å². The Morgan fingerprint density at radius 3 is 2.22 bits per heavy atom. The first kappa shape index (κ1) is 15.3. The number of hydrazone groups is 1. The van der Waals surface area contributed by atoms with E-state index in [1.807, 2.05) is 0 Å². The van der Waals surface area contributed by atoms with Crippen LogP contribution in [0.2, 0.25) is 0 Å². The first-order valence-corrected chi connectivity index (χ1v) is 6.22. The molecule has 1 amide bonds. The maximum atomic E-state index is 11.5. The summed E-state index contributed by atoms with van der Waals surface area (Å²) < 4.78 is 32.2. The fourth-order valence-electron chi connectivity index (χ4n) is 1.51. The average molecular weight is 276 g/mol. The van der Waals surface area contributed by atoms with Crippen LogP contribution in [-0.2, 0) is 14.9 Å². The van der Waals surface area contributed by atoms with Gasteiger partial charge in [0.05, 0.1) is 17.0 Å². The minimum atomic E-state index is -4.46. The molecule has 1 aliphatic heterocycles. The van der Waals surface area contributed by atoms with Gasteiger partial charge >= 0.3 is 29.6 Å². The Labute approximate surface area is 127 Å². The Morgan fingerprint density at radius 2 is 1.83 bits per heavy atom. The van der Waals surface area contributed by atoms with Gasteiger partial charge in [0, 0.05) is 5.71 Å². The molecule has 0 unspecified atom stereocenters. The molecule has 0 atom stereocenters. The molecule has 0 fully saturated rings. The molecule has 0 aromatic heterocycles. The number of amides is 1. The zero-order chi connectivity index (χ0) is 12.6. The molecule has 0 aliphatic carbocycles. The largest absolute Gasteiger partial charge is 1.00 e. The van der Waals surface area contributed by atoms with Crippen molar-refractivity contribution in [2.24, 2.45) is 5.10 Å². The van der Waals surface area contributed by atoms with E-state index in [1.165, 1.54) is 17.1 Å². The summed E-state index contributed by atoms with van der Waals surface area (Å²) in [7, 11) is -4.46. The van der Waals surface area contributed by atoms with E-state index in [9.17, 15) is 17.8 Å². The van der Waals surface area contributed by atoms with Gasteiger partial charge in [-0.05, 0) is 31.2 Å². The van der Waals surface area contributed by atoms with Gasteiger partial charge in [0.25, 0.3) is 5.91 Å². The Hall–Kier alpha value is -0.730. The van der Waals surface area contributed by atoms with E-state index >= 15 is 0 Å². The topological polar surface area (TPSA) is 89.9 Å². The van der Waals surface area contributed by atoms with Crippen molar-refractivity contribution in [3.05, 3.63) is 24.3 Å². The fraction of sp³-hybridized carbons (Fsp3) is 0.200. The van der Waals surface area contributed by atoms with Crippen LogP contribution in [0.4, 0.5) is 5.69 Å². The van der Waals surface area contributed by atoms with E-state index in [0.717, 1.165) is 12.1 Å². The molecule has 1 aromatic carbocycles. The predicted molar refractivity (Wildman–Crippen MR) is 59.6 cm³/mol. The summed E-state index contributed by atoms with van der Waals surface area (Å²) in [4.78, 5) is 11.2. The third-order valence-corrected chi connectivity index (χ3v) is 3.13. The second-order valence-corrected chi connectivity index (χ2v) is 5.05. The molecule has 6 nitrogen and oxygen atoms in total. The average Bonchev–Trinajstić information content (AvgIpc) is 2.57. The van der Waals surface area contributed by atoms with Crippen LogP contribution in [0, 0.1) is 0 Å². The van der Waals surface area contributed by atoms with Crippen LogP contribution >= 0.6 is 0 Å². The van der Waals surface area contributed by atoms with Gasteiger partial charge in [-0.3, -0.25) is 4.79 Å². The number of benzene rings is 1. The third-order valence-electron chi connectivity index (χ3n) is 2.28. The maximum absolute atomic E-state index is 11.5. The van der Waals surface area contributed by atoms with Gasteiger partial charge in [0.15, 0.2) is 0 Å². The van der Waals surface area contributed by atoms with Crippen LogP contribution in [0.3, 0.4) is 0 Å². The molecule has 2 rings (SSSR count). The molecule has 0 spiro atoms. The van der Waals surface area contributed by atoms with Gasteiger partial charge in [-0.15, -0.1) is 0 Å². The Morgan fingerprint density at radius 1 is 1.28 bits per heavy atom. The van der Waals surface area contributed by atoms with Gasteiger partial charge in [0.1, 0.15) is 10.1 Å². The molecule has 0 saturated carbocycles. The molecule has 8 heteroatoms. The standard InChI is InChI=1S/C10H10N2O4S.Na/c1-7-6-10(13)12(11-7)8-2-4-9(5-3-8)17(14,15)16;/h2-5H,6H2,1H3,(H,14,15,16);/q;+1/p-1. The van der Waals surface area contributed by atoms with E-state index in [1.54, 1.807) is 6.92 Å². The van der Waals surface area contributed by atoms with E-state index in [2.05, 4.69) is 5.10 Å². The summed E-state index contributed by atoms with van der Waals surface area (Å²) in [5, 5.41) is 5.20. The van der Waals surface area contributed by atoms with Crippen molar-refractivity contribution < 1.29 is 47.3 Å². The van der Waals surface area contributed by atoms with Crippen molar-refractivity contribution >= 4 is 27.4 Å². The number of rotatable bonds is 2. The fourth-order valence-corrected chi connectivity index (χ4v) is 1.98. The van der Waals surface area contributed by atoms with Gasteiger partial charge in [0.2, 0.25) is 0 Å². The van der Waals surface area contributed by atoms with Crippen molar-refractivity contribution in [3.63, 3.8) is 0 Å². The minimum absolute atomic E-state index is 0. The van der Waals surface area contributed by atoms with E-state index in [4.69, 9.17) is 0 Å². The number of hydrogen-bond donors (Lipinski definition) is 0. The summed E-state index contributed by atoms with van der Waals surface area (Å²) in [5.41, 5.74) is 1.13. The number of nitrogens with zero attached hydrogens (tertiary/aromatic N) is 2. The first-order chi connectivity index (χ1) is 7.88. The molecule has 18 heavy (non-hydrogen) atoms. The van der Waals surface area contributed by atoms with E-state index < -0.39 is 10.1 Å². The molecule has 90 valence electrons. The van der Waals surface area contributed by atoms with Crippen LogP contribution in [0.5, 0.6) is 0 Å². The Kier molecular flexibility index (Phi) is 4.68. The number of carbonyl (C=O) groups is 1. The quantitative estimate of drug-likeness (QED) is 0.449. The summed E-state index contributed by atoms with van der Waals surface area (Å²) in [6.07, 6.45) is 0.252. The van der Waals surface area contributed by atoms with E-state index in [-0.39, 0.29) is 46.8 Å². The third kappa shape index (κ3) is 3.18. The predicted octanol–water partition coefficient (Wildman–Crippen LogP) is -2.29. The van der Waals surface area contributed by atoms with Crippen LogP contribution < -0.4 is 34.6 Å². The molecule has 1 heterocycles. The van der Waals surface area contributed by atoms with Gasteiger partial charge in [-0.1, -0.05) is 0 Å². The summed E-state index contributed by atoms with van der Waals surface area (Å²) >= 11 is 0. The van der Waals surface area contributed by atoms with E-state index in [0.29, 0.717) is 11.4 Å². The molecule has 0 saturated heterocycles. The monoisotopic (exact) mass is 276 g/mol. The zero-order valence-electron chi connectivity index (χ0n) is 9.95. The van der Waals surface area contributed by atoms with Crippen molar-refractivity contribution in [2.45, 2.75) is 18.2 Å². The second kappa shape index (κ2) is 5.50. The van der Waals surface area contributed by atoms with Crippen molar-refractivity contribution in [1.82, 2.24) is 0 Å². The molecule has 1 aromatic rings. The zero-order valence-corrected chi connectivity index (χ0v) is 12.8. The Bertz CT molecular complexity index is 595. The van der Waals surface area contributed by atoms with Gasteiger partial charge in [-0.2, -0.15) is 5.10 Å². The number of carbonyl (C=O) groups excluding carboxylic acids is 1. The minimum Gasteiger partial charge on any atom is -0.744 e. The molecule has 1 aliphatic rings. The number of anilines is 1. The first-order valence-electron chi connectivity index (χ1n) is 4.81. The van der Waals surface area contributed by atoms with Crippen molar-refractivity contribution in [1.29, 1.82) is 0 Å². The molecular weight excluding hydrogens is 267 g/mol. The molecule has 0 radical (unpaired) electrons. The van der Waals surface area contributed by atoms with Crippen LogP contribution in [0.1, 0.15) is 13.3 Å². The van der Waals surface area contributed by atoms with Crippen molar-refractivity contribution in [2.75, 3.05) is 5.01 Å².